The number of halogens is 5. The lowest BCUT2D eigenvalue weighted by molar-refractivity contribution is -0.159. The Morgan fingerprint density at radius 3 is 2.32 bits per heavy atom. The van der Waals surface area contributed by atoms with Crippen LogP contribution in [0.15, 0.2) is 30.3 Å². The summed E-state index contributed by atoms with van der Waals surface area (Å²) in [7, 11) is 0. The first-order chi connectivity index (χ1) is 14.6. The van der Waals surface area contributed by atoms with Crippen LogP contribution in [0.5, 0.6) is 0 Å². The molecule has 1 unspecified atom stereocenters. The van der Waals surface area contributed by atoms with E-state index in [-0.39, 0.29) is 37.4 Å². The molecule has 1 saturated carbocycles. The molecule has 1 aliphatic carbocycles. The monoisotopic (exact) mass is 437 g/mol. The van der Waals surface area contributed by atoms with E-state index in [4.69, 9.17) is 5.26 Å². The van der Waals surface area contributed by atoms with Crippen LogP contribution in [0, 0.1) is 17.1 Å². The van der Waals surface area contributed by atoms with E-state index >= 15 is 0 Å². The van der Waals surface area contributed by atoms with Crippen molar-refractivity contribution in [2.75, 3.05) is 31.1 Å². The smallest absolute Gasteiger partial charge is 0.350 e. The molecule has 0 spiro atoms. The second-order valence-corrected chi connectivity index (χ2v) is 7.50. The zero-order valence-corrected chi connectivity index (χ0v) is 16.0. The summed E-state index contributed by atoms with van der Waals surface area (Å²) in [4.78, 5) is 15.1. The molecule has 2 aliphatic rings. The van der Waals surface area contributed by atoms with Gasteiger partial charge in [-0.1, -0.05) is 12.1 Å². The number of carbonyl (C=O) groups excluding carboxylic acids is 1. The van der Waals surface area contributed by atoms with Gasteiger partial charge >= 0.3 is 5.92 Å². The van der Waals surface area contributed by atoms with E-state index < -0.39 is 41.5 Å². The van der Waals surface area contributed by atoms with E-state index in [9.17, 15) is 26.7 Å². The fourth-order valence-corrected chi connectivity index (χ4v) is 3.57. The maximum absolute atomic E-state index is 14.7. The Labute approximate surface area is 173 Å². The third-order valence-corrected chi connectivity index (χ3v) is 5.49. The lowest BCUT2D eigenvalue weighted by Crippen LogP contribution is -2.52. The standard InChI is InChI=1S/C20H16F5N5O/c21-16-9-12(1-3-14(16)15-10-19(15,22)23)20(24,25)18(31)30-7-5-29(6-8-30)17-4-2-13(11-26)27-28-17/h1-4,9,15H,5-8,10H2. The summed E-state index contributed by atoms with van der Waals surface area (Å²) in [6, 6.07) is 7.08. The number of nitriles is 1. The molecule has 2 fully saturated rings. The lowest BCUT2D eigenvalue weighted by atomic mass is 10.0. The normalized spacial score (nSPS) is 20.3. The van der Waals surface area contributed by atoms with Gasteiger partial charge in [-0.05, 0) is 23.8 Å². The molecule has 0 N–H and O–H groups in total. The van der Waals surface area contributed by atoms with Crippen molar-refractivity contribution >= 4 is 11.7 Å². The summed E-state index contributed by atoms with van der Waals surface area (Å²) in [6.07, 6.45) is -0.521. The molecule has 2 aromatic rings. The van der Waals surface area contributed by atoms with Gasteiger partial charge < -0.3 is 9.80 Å². The fourth-order valence-electron chi connectivity index (χ4n) is 3.57. The summed E-state index contributed by atoms with van der Waals surface area (Å²) < 4.78 is 70.0. The molecule has 1 aromatic heterocycles. The van der Waals surface area contributed by atoms with Crippen molar-refractivity contribution in [1.29, 1.82) is 5.26 Å². The number of alkyl halides is 4. The van der Waals surface area contributed by atoms with Crippen molar-refractivity contribution in [3.05, 3.63) is 53.0 Å². The van der Waals surface area contributed by atoms with Gasteiger partial charge in [0.1, 0.15) is 11.9 Å². The molecule has 1 atom stereocenters. The number of hydrogen-bond donors (Lipinski definition) is 0. The number of amides is 1. The van der Waals surface area contributed by atoms with Crippen LogP contribution >= 0.6 is 0 Å². The maximum atomic E-state index is 14.7. The van der Waals surface area contributed by atoms with E-state index in [1.54, 1.807) is 11.0 Å². The molecule has 2 heterocycles. The van der Waals surface area contributed by atoms with Gasteiger partial charge in [0, 0.05) is 38.2 Å². The van der Waals surface area contributed by atoms with E-state index in [2.05, 4.69) is 10.2 Å². The molecule has 162 valence electrons. The van der Waals surface area contributed by atoms with Crippen molar-refractivity contribution in [1.82, 2.24) is 15.1 Å². The zero-order valence-electron chi connectivity index (χ0n) is 16.0. The van der Waals surface area contributed by atoms with Crippen LogP contribution in [-0.4, -0.2) is 53.1 Å². The predicted octanol–water partition coefficient (Wildman–Crippen LogP) is 3.05. The average Bonchev–Trinajstić information content (AvgIpc) is 3.40. The number of aromatic nitrogens is 2. The Morgan fingerprint density at radius 1 is 1.13 bits per heavy atom. The van der Waals surface area contributed by atoms with Crippen molar-refractivity contribution in [2.24, 2.45) is 0 Å². The highest BCUT2D eigenvalue weighted by atomic mass is 19.3. The number of nitrogens with zero attached hydrogens (tertiary/aromatic N) is 5. The van der Waals surface area contributed by atoms with Gasteiger partial charge in [0.15, 0.2) is 11.5 Å². The maximum Gasteiger partial charge on any atom is 0.350 e. The quantitative estimate of drug-likeness (QED) is 0.688. The summed E-state index contributed by atoms with van der Waals surface area (Å²) in [5.41, 5.74) is -1.06. The van der Waals surface area contributed by atoms with Crippen molar-refractivity contribution in [2.45, 2.75) is 24.2 Å². The molecule has 1 saturated heterocycles. The number of benzene rings is 1. The second kappa shape index (κ2) is 7.44. The Bertz CT molecular complexity index is 1040. The number of anilines is 1. The van der Waals surface area contributed by atoms with Gasteiger partial charge in [-0.15, -0.1) is 10.2 Å². The average molecular weight is 437 g/mol. The van der Waals surface area contributed by atoms with Crippen molar-refractivity contribution in [3.8, 4) is 6.07 Å². The highest BCUT2D eigenvalue weighted by molar-refractivity contribution is 5.85. The van der Waals surface area contributed by atoms with Crippen molar-refractivity contribution in [3.63, 3.8) is 0 Å². The molecule has 4 rings (SSSR count). The van der Waals surface area contributed by atoms with Gasteiger partial charge in [0.05, 0.1) is 5.92 Å². The Hall–Kier alpha value is -3.29. The third kappa shape index (κ3) is 3.89. The van der Waals surface area contributed by atoms with E-state index in [1.807, 2.05) is 6.07 Å². The molecular weight excluding hydrogens is 421 g/mol. The Balaban J connectivity index is 1.43. The van der Waals surface area contributed by atoms with Gasteiger partial charge in [-0.3, -0.25) is 4.79 Å². The number of hydrogen-bond acceptors (Lipinski definition) is 5. The topological polar surface area (TPSA) is 73.1 Å². The molecule has 31 heavy (non-hydrogen) atoms. The fraction of sp³-hybridized carbons (Fsp3) is 0.400. The number of piperazine rings is 1. The molecule has 0 radical (unpaired) electrons. The number of carbonyl (C=O) groups is 1. The predicted molar refractivity (Wildman–Crippen MR) is 98.1 cm³/mol. The SMILES string of the molecule is N#Cc1ccc(N2CCN(C(=O)C(F)(F)c3ccc(C4CC4(F)F)c(F)c3)CC2)nn1. The van der Waals surface area contributed by atoms with E-state index in [0.717, 1.165) is 17.0 Å². The molecule has 0 bridgehead atoms. The van der Waals surface area contributed by atoms with Crippen LogP contribution in [0.2, 0.25) is 0 Å². The second-order valence-electron chi connectivity index (χ2n) is 7.50. The van der Waals surface area contributed by atoms with E-state index in [1.165, 1.54) is 6.07 Å². The van der Waals surface area contributed by atoms with Gasteiger partial charge in [0.25, 0.3) is 11.8 Å². The Morgan fingerprint density at radius 2 is 1.81 bits per heavy atom. The minimum absolute atomic E-state index is 0.0229. The molecule has 1 aromatic carbocycles. The first-order valence-electron chi connectivity index (χ1n) is 9.47. The highest BCUT2D eigenvalue weighted by Crippen LogP contribution is 2.56. The lowest BCUT2D eigenvalue weighted by Gasteiger charge is -2.36. The molecule has 6 nitrogen and oxygen atoms in total. The van der Waals surface area contributed by atoms with Crippen LogP contribution in [0.25, 0.3) is 0 Å². The summed E-state index contributed by atoms with van der Waals surface area (Å²) >= 11 is 0. The van der Waals surface area contributed by atoms with Crippen LogP contribution in [-0.2, 0) is 10.7 Å². The Kier molecular flexibility index (Phi) is 5.03. The van der Waals surface area contributed by atoms with Crippen LogP contribution in [0.1, 0.15) is 29.2 Å². The summed E-state index contributed by atoms with van der Waals surface area (Å²) in [5, 5.41) is 16.4. The molecule has 11 heteroatoms. The minimum Gasteiger partial charge on any atom is -0.352 e. The summed E-state index contributed by atoms with van der Waals surface area (Å²) in [5.74, 6) is -10.5. The van der Waals surface area contributed by atoms with Crippen LogP contribution < -0.4 is 4.90 Å². The first-order valence-corrected chi connectivity index (χ1v) is 9.47. The van der Waals surface area contributed by atoms with Crippen LogP contribution in [0.4, 0.5) is 27.8 Å². The molecule has 1 amide bonds. The third-order valence-electron chi connectivity index (χ3n) is 5.49. The minimum atomic E-state index is -4.00. The highest BCUT2D eigenvalue weighted by Gasteiger charge is 2.58. The summed E-state index contributed by atoms with van der Waals surface area (Å²) in [6.45, 7) is 0.384. The van der Waals surface area contributed by atoms with Gasteiger partial charge in [-0.25, -0.2) is 13.2 Å². The van der Waals surface area contributed by atoms with Gasteiger partial charge in [0.2, 0.25) is 0 Å². The zero-order chi connectivity index (χ0) is 22.4. The van der Waals surface area contributed by atoms with E-state index in [0.29, 0.717) is 11.9 Å². The first kappa shape index (κ1) is 21.0. The molecular formula is C20H16F5N5O. The van der Waals surface area contributed by atoms with Gasteiger partial charge in [-0.2, -0.15) is 14.0 Å². The van der Waals surface area contributed by atoms with Crippen LogP contribution in [0.3, 0.4) is 0 Å². The van der Waals surface area contributed by atoms with Crippen molar-refractivity contribution < 1.29 is 26.7 Å². The largest absolute Gasteiger partial charge is 0.352 e. The molecule has 1 aliphatic heterocycles. The number of rotatable bonds is 4.